The van der Waals surface area contributed by atoms with Crippen molar-refractivity contribution in [1.29, 1.82) is 0 Å². The number of nitrogens with one attached hydrogen (secondary N) is 1. The van der Waals surface area contributed by atoms with Crippen molar-refractivity contribution in [2.45, 2.75) is 17.4 Å². The van der Waals surface area contributed by atoms with E-state index in [2.05, 4.69) is 9.71 Å². The highest BCUT2D eigenvalue weighted by atomic mass is 35.5. The lowest BCUT2D eigenvalue weighted by Crippen LogP contribution is -2.40. The van der Waals surface area contributed by atoms with Crippen LogP contribution in [0, 0.1) is 0 Å². The van der Waals surface area contributed by atoms with Gasteiger partial charge in [-0.25, -0.2) is 21.8 Å². The van der Waals surface area contributed by atoms with Gasteiger partial charge in [-0.1, -0.05) is 29.8 Å². The molecule has 1 N–H and O–H groups in total. The number of anilines is 1. The summed E-state index contributed by atoms with van der Waals surface area (Å²) < 4.78 is 51.9. The highest BCUT2D eigenvalue weighted by molar-refractivity contribution is 7.92. The van der Waals surface area contributed by atoms with Crippen LogP contribution in [0.15, 0.2) is 65.0 Å². The third kappa shape index (κ3) is 5.56. The number of sulfonamides is 1. The zero-order valence-electron chi connectivity index (χ0n) is 17.9. The van der Waals surface area contributed by atoms with Crippen molar-refractivity contribution >= 4 is 60.6 Å². The molecule has 1 aliphatic heterocycles. The van der Waals surface area contributed by atoms with Gasteiger partial charge in [0.15, 0.2) is 9.84 Å². The molecule has 178 valence electrons. The predicted molar refractivity (Wildman–Crippen MR) is 134 cm³/mol. The number of pyridine rings is 1. The van der Waals surface area contributed by atoms with Crippen molar-refractivity contribution in [2.24, 2.45) is 0 Å². The van der Waals surface area contributed by atoms with Gasteiger partial charge in [-0.2, -0.15) is 4.72 Å². The van der Waals surface area contributed by atoms with E-state index in [1.165, 1.54) is 34.6 Å². The van der Waals surface area contributed by atoms with Crippen LogP contribution in [0.25, 0.3) is 17.2 Å². The topological polar surface area (TPSA) is 114 Å². The largest absolute Gasteiger partial charge is 0.295 e. The van der Waals surface area contributed by atoms with Crippen LogP contribution in [0.4, 0.5) is 5.82 Å². The Balaban J connectivity index is 1.48. The molecule has 1 saturated heterocycles. The van der Waals surface area contributed by atoms with Gasteiger partial charge in [-0.15, -0.1) is 11.3 Å². The van der Waals surface area contributed by atoms with Crippen LogP contribution in [0.2, 0.25) is 4.34 Å². The molecule has 1 amide bonds. The Morgan fingerprint density at radius 2 is 1.88 bits per heavy atom. The lowest BCUT2D eigenvalue weighted by atomic mass is 10.1. The summed E-state index contributed by atoms with van der Waals surface area (Å²) in [5, 5.41) is 1.01. The molecule has 8 nitrogen and oxygen atoms in total. The van der Waals surface area contributed by atoms with E-state index in [-0.39, 0.29) is 11.3 Å². The minimum absolute atomic E-state index is 0.189. The van der Waals surface area contributed by atoms with E-state index >= 15 is 0 Å². The average molecular weight is 538 g/mol. The normalized spacial score (nSPS) is 17.1. The summed E-state index contributed by atoms with van der Waals surface area (Å²) in [5.41, 5.74) is 1.11. The van der Waals surface area contributed by atoms with E-state index in [4.69, 9.17) is 11.6 Å². The monoisotopic (exact) mass is 537 g/mol. The Morgan fingerprint density at radius 3 is 2.53 bits per heavy atom. The first-order chi connectivity index (χ1) is 16.0. The van der Waals surface area contributed by atoms with Gasteiger partial charge in [-0.05, 0) is 42.8 Å². The Bertz CT molecular complexity index is 1470. The van der Waals surface area contributed by atoms with Crippen LogP contribution in [0.1, 0.15) is 11.3 Å². The lowest BCUT2D eigenvalue weighted by Gasteiger charge is -2.16. The molecule has 4 rings (SSSR count). The molecular formula is C22H20ClN3O5S3. The van der Waals surface area contributed by atoms with Crippen molar-refractivity contribution in [2.75, 3.05) is 17.7 Å². The van der Waals surface area contributed by atoms with Crippen LogP contribution in [-0.4, -0.2) is 46.6 Å². The molecule has 0 radical (unpaired) electrons. The van der Waals surface area contributed by atoms with Crippen LogP contribution >= 0.6 is 22.9 Å². The molecule has 1 unspecified atom stereocenters. The zero-order valence-corrected chi connectivity index (χ0v) is 21.1. The van der Waals surface area contributed by atoms with Gasteiger partial charge in [0, 0.05) is 40.4 Å². The average Bonchev–Trinajstić information content (AvgIpc) is 3.37. The number of thiophene rings is 1. The van der Waals surface area contributed by atoms with Gasteiger partial charge in [0.25, 0.3) is 0 Å². The van der Waals surface area contributed by atoms with Crippen molar-refractivity contribution in [1.82, 2.24) is 9.71 Å². The van der Waals surface area contributed by atoms with Crippen molar-refractivity contribution in [3.05, 3.63) is 69.3 Å². The predicted octanol–water partition coefficient (Wildman–Crippen LogP) is 3.56. The van der Waals surface area contributed by atoms with Gasteiger partial charge in [-0.3, -0.25) is 9.69 Å². The number of hydrogen-bond donors (Lipinski definition) is 1. The number of carbonyl (C=O) groups is 1. The number of sulfone groups is 1. The van der Waals surface area contributed by atoms with E-state index in [1.807, 2.05) is 0 Å². The van der Waals surface area contributed by atoms with Crippen molar-refractivity contribution < 1.29 is 21.6 Å². The maximum atomic E-state index is 12.8. The smallest absolute Gasteiger partial charge is 0.246 e. The SMILES string of the molecule is CS(=O)(=O)c1ccccc1-c1ccc(N2CCC(NS(=O)(=O)/C=C/c3ccc(Cl)s3)C2=O)nc1. The summed E-state index contributed by atoms with van der Waals surface area (Å²) in [7, 11) is -7.28. The van der Waals surface area contributed by atoms with E-state index in [0.29, 0.717) is 32.7 Å². The van der Waals surface area contributed by atoms with Crippen LogP contribution in [-0.2, 0) is 24.7 Å². The molecule has 1 atom stereocenters. The van der Waals surface area contributed by atoms with Crippen molar-refractivity contribution in [3.8, 4) is 11.1 Å². The molecule has 34 heavy (non-hydrogen) atoms. The number of nitrogens with zero attached hydrogens (tertiary/aromatic N) is 2. The second kappa shape index (κ2) is 9.59. The summed E-state index contributed by atoms with van der Waals surface area (Å²) in [5.74, 6) is -0.0519. The maximum Gasteiger partial charge on any atom is 0.246 e. The Kier molecular flexibility index (Phi) is 6.92. The fourth-order valence-electron chi connectivity index (χ4n) is 3.56. The van der Waals surface area contributed by atoms with Crippen LogP contribution in [0.3, 0.4) is 0 Å². The van der Waals surface area contributed by atoms with Crippen LogP contribution in [0.5, 0.6) is 0 Å². The molecule has 12 heteroatoms. The molecular weight excluding hydrogens is 518 g/mol. The number of halogens is 1. The Morgan fingerprint density at radius 1 is 1.12 bits per heavy atom. The van der Waals surface area contributed by atoms with Gasteiger partial charge >= 0.3 is 0 Å². The fraction of sp³-hybridized carbons (Fsp3) is 0.182. The van der Waals surface area contributed by atoms with Gasteiger partial charge in [0.2, 0.25) is 15.9 Å². The van der Waals surface area contributed by atoms with Gasteiger partial charge in [0.05, 0.1) is 9.23 Å². The number of rotatable bonds is 7. The molecule has 1 fully saturated rings. The molecule has 1 aliphatic rings. The lowest BCUT2D eigenvalue weighted by molar-refractivity contribution is -0.118. The Labute approximate surface area is 206 Å². The quantitative estimate of drug-likeness (QED) is 0.493. The third-order valence-electron chi connectivity index (χ3n) is 5.14. The molecule has 0 saturated carbocycles. The van der Waals surface area contributed by atoms with Gasteiger partial charge < -0.3 is 0 Å². The molecule has 0 aliphatic carbocycles. The number of hydrogen-bond acceptors (Lipinski definition) is 7. The maximum absolute atomic E-state index is 12.8. The second-order valence-corrected chi connectivity index (χ2v) is 12.9. The summed E-state index contributed by atoms with van der Waals surface area (Å²) in [6, 6.07) is 12.4. The first-order valence-corrected chi connectivity index (χ1v) is 14.7. The number of aromatic nitrogens is 1. The van der Waals surface area contributed by atoms with E-state index in [0.717, 1.165) is 11.7 Å². The Hall–Kier alpha value is -2.57. The highest BCUT2D eigenvalue weighted by Gasteiger charge is 2.35. The second-order valence-electron chi connectivity index (χ2n) is 7.61. The summed E-state index contributed by atoms with van der Waals surface area (Å²) in [6.45, 7) is 0.294. The first kappa shape index (κ1) is 24.6. The number of carbonyl (C=O) groups excluding carboxylic acids is 1. The zero-order chi connectivity index (χ0) is 24.5. The molecule has 3 aromatic rings. The minimum atomic E-state index is -3.85. The standard InChI is InChI=1S/C22H20ClN3O5S3/c1-33(28,29)19-5-3-2-4-17(19)15-6-9-21(24-14-15)26-12-10-18(22(26)27)25-34(30,31)13-11-16-7-8-20(23)32-16/h2-9,11,13-14,18,25H,10,12H2,1H3/b13-11+. The summed E-state index contributed by atoms with van der Waals surface area (Å²) in [4.78, 5) is 19.4. The van der Waals surface area contributed by atoms with Crippen LogP contribution < -0.4 is 9.62 Å². The van der Waals surface area contributed by atoms with Crippen molar-refractivity contribution in [3.63, 3.8) is 0 Å². The fourth-order valence-corrected chi connectivity index (χ4v) is 6.54. The van der Waals surface area contributed by atoms with E-state index < -0.39 is 31.8 Å². The minimum Gasteiger partial charge on any atom is -0.295 e. The van der Waals surface area contributed by atoms with Gasteiger partial charge in [0.1, 0.15) is 11.9 Å². The third-order valence-corrected chi connectivity index (χ3v) is 8.60. The highest BCUT2D eigenvalue weighted by Crippen LogP contribution is 2.29. The number of amides is 1. The number of benzene rings is 1. The molecule has 0 bridgehead atoms. The summed E-state index contributed by atoms with van der Waals surface area (Å²) >= 11 is 7.09. The van der Waals surface area contributed by atoms with E-state index in [1.54, 1.807) is 42.5 Å². The summed E-state index contributed by atoms with van der Waals surface area (Å²) in [6.07, 6.45) is 4.35. The first-order valence-electron chi connectivity index (χ1n) is 10.1. The molecule has 0 spiro atoms. The molecule has 1 aromatic carbocycles. The molecule has 3 heterocycles. The molecule has 2 aromatic heterocycles. The van der Waals surface area contributed by atoms with E-state index in [9.17, 15) is 21.6 Å².